The molecule has 0 atom stereocenters. The van der Waals surface area contributed by atoms with E-state index in [0.29, 0.717) is 16.0 Å². The van der Waals surface area contributed by atoms with E-state index in [2.05, 4.69) is 9.97 Å². The van der Waals surface area contributed by atoms with Crippen LogP contribution in [0.2, 0.25) is 0 Å². The second-order valence-corrected chi connectivity index (χ2v) is 3.32. The van der Waals surface area contributed by atoms with E-state index in [1.165, 1.54) is 11.3 Å². The maximum atomic E-state index is 8.69. The lowest BCUT2D eigenvalue weighted by Gasteiger charge is -1.94. The highest BCUT2D eigenvalue weighted by Gasteiger charge is 2.06. The van der Waals surface area contributed by atoms with E-state index in [1.54, 1.807) is 23.2 Å². The van der Waals surface area contributed by atoms with Gasteiger partial charge in [-0.25, -0.2) is 9.97 Å². The summed E-state index contributed by atoms with van der Waals surface area (Å²) in [7, 11) is 0. The van der Waals surface area contributed by atoms with Gasteiger partial charge in [0.1, 0.15) is 11.1 Å². The standard InChI is InChI=1S/C7H5N5S/c8-3-6-10-1-2-12(6)7-11-4-5(9)13-7/h1-2,4H,9H2. The lowest BCUT2D eigenvalue weighted by atomic mass is 10.7. The van der Waals surface area contributed by atoms with E-state index >= 15 is 0 Å². The third kappa shape index (κ3) is 1.25. The number of nitrogen functional groups attached to an aromatic ring is 1. The van der Waals surface area contributed by atoms with Crippen LogP contribution in [-0.4, -0.2) is 14.5 Å². The summed E-state index contributed by atoms with van der Waals surface area (Å²) in [5.74, 6) is 0.314. The highest BCUT2D eigenvalue weighted by atomic mass is 32.1. The van der Waals surface area contributed by atoms with Gasteiger partial charge in [-0.3, -0.25) is 4.57 Å². The van der Waals surface area contributed by atoms with Crippen LogP contribution in [0.5, 0.6) is 0 Å². The third-order valence-corrected chi connectivity index (χ3v) is 2.28. The Kier molecular flexibility index (Phi) is 1.72. The molecule has 6 heteroatoms. The van der Waals surface area contributed by atoms with Gasteiger partial charge in [-0.1, -0.05) is 11.3 Å². The molecule has 2 heterocycles. The SMILES string of the molecule is N#Cc1nccn1-c1ncc(N)s1. The molecule has 0 amide bonds. The van der Waals surface area contributed by atoms with Gasteiger partial charge in [-0.15, -0.1) is 0 Å². The Morgan fingerprint density at radius 2 is 2.38 bits per heavy atom. The molecule has 0 spiro atoms. The molecular formula is C7H5N5S. The monoisotopic (exact) mass is 191 g/mol. The molecule has 0 fully saturated rings. The van der Waals surface area contributed by atoms with E-state index in [9.17, 15) is 0 Å². The van der Waals surface area contributed by atoms with Crippen molar-refractivity contribution in [2.75, 3.05) is 5.73 Å². The van der Waals surface area contributed by atoms with Crippen LogP contribution in [0.4, 0.5) is 5.00 Å². The second-order valence-electron chi connectivity index (χ2n) is 2.28. The molecule has 0 aromatic carbocycles. The van der Waals surface area contributed by atoms with Crippen molar-refractivity contribution in [2.24, 2.45) is 0 Å². The van der Waals surface area contributed by atoms with E-state index in [1.807, 2.05) is 6.07 Å². The summed E-state index contributed by atoms with van der Waals surface area (Å²) in [5.41, 5.74) is 5.52. The Morgan fingerprint density at radius 3 is 3.00 bits per heavy atom. The average molecular weight is 191 g/mol. The molecule has 64 valence electrons. The molecule has 0 aliphatic heterocycles. The van der Waals surface area contributed by atoms with Crippen LogP contribution in [-0.2, 0) is 0 Å². The summed E-state index contributed by atoms with van der Waals surface area (Å²) in [6.07, 6.45) is 4.79. The van der Waals surface area contributed by atoms with Gasteiger partial charge in [0.2, 0.25) is 5.82 Å². The van der Waals surface area contributed by atoms with E-state index in [0.717, 1.165) is 0 Å². The minimum Gasteiger partial charge on any atom is -0.389 e. The van der Waals surface area contributed by atoms with Gasteiger partial charge in [-0.2, -0.15) is 5.26 Å². The molecule has 0 bridgehead atoms. The highest BCUT2D eigenvalue weighted by molar-refractivity contribution is 7.17. The Bertz CT molecular complexity index is 463. The lowest BCUT2D eigenvalue weighted by molar-refractivity contribution is 1.00. The fourth-order valence-corrected chi connectivity index (χ4v) is 1.60. The number of anilines is 1. The number of imidazole rings is 1. The molecule has 2 aromatic rings. The molecule has 13 heavy (non-hydrogen) atoms. The molecule has 2 rings (SSSR count). The van der Waals surface area contributed by atoms with Crippen molar-refractivity contribution < 1.29 is 0 Å². The van der Waals surface area contributed by atoms with Gasteiger partial charge in [-0.05, 0) is 0 Å². The summed E-state index contributed by atoms with van der Waals surface area (Å²) in [6, 6.07) is 1.96. The summed E-state index contributed by atoms with van der Waals surface area (Å²) in [5, 5.41) is 9.96. The summed E-state index contributed by atoms with van der Waals surface area (Å²) < 4.78 is 1.60. The van der Waals surface area contributed by atoms with Crippen LogP contribution >= 0.6 is 11.3 Å². The Balaban J connectivity index is 2.53. The molecule has 0 saturated carbocycles. The van der Waals surface area contributed by atoms with Gasteiger partial charge in [0.25, 0.3) is 0 Å². The number of thiazole rings is 1. The van der Waals surface area contributed by atoms with Gasteiger partial charge in [0, 0.05) is 12.4 Å². The molecule has 0 saturated heterocycles. The number of nitriles is 1. The smallest absolute Gasteiger partial charge is 0.219 e. The minimum absolute atomic E-state index is 0.314. The third-order valence-electron chi connectivity index (χ3n) is 1.46. The van der Waals surface area contributed by atoms with Crippen LogP contribution in [0.3, 0.4) is 0 Å². The zero-order valence-corrected chi connectivity index (χ0v) is 7.32. The first kappa shape index (κ1) is 7.76. The Morgan fingerprint density at radius 1 is 1.54 bits per heavy atom. The van der Waals surface area contributed by atoms with Crippen LogP contribution in [0, 0.1) is 11.3 Å². The topological polar surface area (TPSA) is 80.5 Å². The van der Waals surface area contributed by atoms with E-state index in [-0.39, 0.29) is 0 Å². The highest BCUT2D eigenvalue weighted by Crippen LogP contribution is 2.19. The molecule has 2 N–H and O–H groups in total. The Hall–Kier alpha value is -1.87. The zero-order valence-electron chi connectivity index (χ0n) is 6.51. The van der Waals surface area contributed by atoms with E-state index < -0.39 is 0 Å². The Labute approximate surface area is 78.1 Å². The van der Waals surface area contributed by atoms with Crippen molar-refractivity contribution in [1.82, 2.24) is 14.5 Å². The van der Waals surface area contributed by atoms with Gasteiger partial charge < -0.3 is 5.73 Å². The van der Waals surface area contributed by atoms with E-state index in [4.69, 9.17) is 11.0 Å². The normalized spacial score (nSPS) is 9.77. The maximum Gasteiger partial charge on any atom is 0.219 e. The number of hydrogen-bond donors (Lipinski definition) is 1. The van der Waals surface area contributed by atoms with Crippen molar-refractivity contribution in [2.45, 2.75) is 0 Å². The van der Waals surface area contributed by atoms with Gasteiger partial charge in [0.15, 0.2) is 5.13 Å². The lowest BCUT2D eigenvalue weighted by Crippen LogP contribution is -1.94. The first-order chi connectivity index (χ1) is 6.31. The molecular weight excluding hydrogens is 186 g/mol. The van der Waals surface area contributed by atoms with Crippen molar-refractivity contribution in [1.29, 1.82) is 5.26 Å². The number of aromatic nitrogens is 3. The molecule has 0 radical (unpaired) electrons. The number of nitrogens with two attached hydrogens (primary N) is 1. The van der Waals surface area contributed by atoms with Gasteiger partial charge in [0.05, 0.1) is 6.20 Å². The number of hydrogen-bond acceptors (Lipinski definition) is 5. The van der Waals surface area contributed by atoms with Crippen LogP contribution in [0.1, 0.15) is 5.82 Å². The molecule has 0 aliphatic carbocycles. The summed E-state index contributed by atoms with van der Waals surface area (Å²) in [6.45, 7) is 0. The predicted molar refractivity (Wildman–Crippen MR) is 48.4 cm³/mol. The quantitative estimate of drug-likeness (QED) is 0.722. The van der Waals surface area contributed by atoms with Crippen molar-refractivity contribution in [3.63, 3.8) is 0 Å². The van der Waals surface area contributed by atoms with Gasteiger partial charge >= 0.3 is 0 Å². The van der Waals surface area contributed by atoms with Crippen LogP contribution in [0.25, 0.3) is 5.13 Å². The largest absolute Gasteiger partial charge is 0.389 e. The first-order valence-corrected chi connectivity index (χ1v) is 4.28. The minimum atomic E-state index is 0.314. The number of rotatable bonds is 1. The molecule has 0 aliphatic rings. The molecule has 0 unspecified atom stereocenters. The maximum absolute atomic E-state index is 8.69. The average Bonchev–Trinajstić information content (AvgIpc) is 2.71. The fourth-order valence-electron chi connectivity index (χ4n) is 0.929. The van der Waals surface area contributed by atoms with Crippen molar-refractivity contribution >= 4 is 16.3 Å². The zero-order chi connectivity index (χ0) is 9.26. The molecule has 2 aromatic heterocycles. The van der Waals surface area contributed by atoms with Crippen molar-refractivity contribution in [3.8, 4) is 11.2 Å². The first-order valence-electron chi connectivity index (χ1n) is 3.46. The summed E-state index contributed by atoms with van der Waals surface area (Å²) in [4.78, 5) is 7.88. The predicted octanol–water partition coefficient (Wildman–Crippen LogP) is 0.783. The van der Waals surface area contributed by atoms with Crippen LogP contribution in [0.15, 0.2) is 18.6 Å². The number of nitrogens with zero attached hydrogens (tertiary/aromatic N) is 4. The fraction of sp³-hybridized carbons (Fsp3) is 0. The summed E-state index contributed by atoms with van der Waals surface area (Å²) >= 11 is 1.31. The second kappa shape index (κ2) is 2.88. The van der Waals surface area contributed by atoms with Crippen molar-refractivity contribution in [3.05, 3.63) is 24.4 Å². The molecule has 5 nitrogen and oxygen atoms in total. The van der Waals surface area contributed by atoms with Crippen LogP contribution < -0.4 is 5.73 Å².